The van der Waals surface area contributed by atoms with Gasteiger partial charge in [-0.2, -0.15) is 0 Å². The number of carbonyl (C=O) groups is 2. The topological polar surface area (TPSA) is 37.4 Å². The first-order valence-electron chi connectivity index (χ1n) is 11.7. The molecule has 1 aliphatic heterocycles. The lowest BCUT2D eigenvalue weighted by atomic mass is 9.73. The second kappa shape index (κ2) is 11.9. The predicted molar refractivity (Wildman–Crippen MR) is 114 cm³/mol. The minimum Gasteiger partial charge on any atom is -0.280 e. The highest BCUT2D eigenvalue weighted by Gasteiger charge is 2.50. The molecule has 1 heterocycles. The third-order valence-corrected chi connectivity index (χ3v) is 6.37. The van der Waals surface area contributed by atoms with Crippen LogP contribution in [0.5, 0.6) is 0 Å². The molecule has 2 rings (SSSR count). The third-order valence-electron chi connectivity index (χ3n) is 6.37. The Kier molecular flexibility index (Phi) is 10.6. The SMILES string of the molecule is CC.CC(C)CCCC(C)CCCC1CCC2C(=O)N(C(C)C)C(=O)C2C1. The molecule has 0 aromatic rings. The molecule has 0 aromatic carbocycles. The molecule has 0 N–H and O–H groups in total. The summed E-state index contributed by atoms with van der Waals surface area (Å²) < 4.78 is 0. The normalized spacial score (nSPS) is 26.3. The van der Waals surface area contributed by atoms with Gasteiger partial charge in [0, 0.05) is 6.04 Å². The number of hydrogen-bond acceptors (Lipinski definition) is 2. The van der Waals surface area contributed by atoms with E-state index in [0.717, 1.165) is 31.1 Å². The summed E-state index contributed by atoms with van der Waals surface area (Å²) in [6.45, 7) is 14.9. The largest absolute Gasteiger partial charge is 0.280 e. The first-order valence-corrected chi connectivity index (χ1v) is 11.7. The Balaban J connectivity index is 0.00000176. The van der Waals surface area contributed by atoms with Crippen LogP contribution >= 0.6 is 0 Å². The van der Waals surface area contributed by atoms with Crippen molar-refractivity contribution in [3.05, 3.63) is 0 Å². The first kappa shape index (κ1) is 24.2. The van der Waals surface area contributed by atoms with Gasteiger partial charge in [-0.1, -0.05) is 73.1 Å². The molecule has 3 nitrogen and oxygen atoms in total. The standard InChI is InChI=1S/C22H39NO2.C2H6/c1-15(2)8-6-9-17(5)10-7-11-18-12-13-19-20(14-18)22(25)23(16(3)4)21(19)24;1-2/h15-20H,6-14H2,1-5H3;1-2H3. The summed E-state index contributed by atoms with van der Waals surface area (Å²) in [5, 5.41) is 0. The molecule has 3 heteroatoms. The van der Waals surface area contributed by atoms with E-state index in [-0.39, 0.29) is 29.7 Å². The molecule has 4 unspecified atom stereocenters. The maximum absolute atomic E-state index is 12.6. The molecule has 27 heavy (non-hydrogen) atoms. The van der Waals surface area contributed by atoms with Crippen molar-refractivity contribution in [3.63, 3.8) is 0 Å². The van der Waals surface area contributed by atoms with Crippen molar-refractivity contribution in [1.29, 1.82) is 0 Å². The van der Waals surface area contributed by atoms with Crippen molar-refractivity contribution in [3.8, 4) is 0 Å². The van der Waals surface area contributed by atoms with Crippen LogP contribution in [0.2, 0.25) is 0 Å². The number of fused-ring (bicyclic) bond motifs is 1. The Morgan fingerprint density at radius 3 is 2.04 bits per heavy atom. The fourth-order valence-corrected chi connectivity index (χ4v) is 4.84. The zero-order chi connectivity index (χ0) is 20.6. The van der Waals surface area contributed by atoms with Crippen molar-refractivity contribution in [2.75, 3.05) is 0 Å². The van der Waals surface area contributed by atoms with E-state index in [2.05, 4.69) is 20.8 Å². The average Bonchev–Trinajstić information content (AvgIpc) is 2.87. The zero-order valence-electron chi connectivity index (χ0n) is 19.1. The fourth-order valence-electron chi connectivity index (χ4n) is 4.84. The van der Waals surface area contributed by atoms with E-state index in [0.29, 0.717) is 5.92 Å². The Hall–Kier alpha value is -0.860. The lowest BCUT2D eigenvalue weighted by Gasteiger charge is -2.29. The van der Waals surface area contributed by atoms with Gasteiger partial charge in [-0.25, -0.2) is 0 Å². The van der Waals surface area contributed by atoms with Crippen LogP contribution in [0.4, 0.5) is 0 Å². The van der Waals surface area contributed by atoms with Gasteiger partial charge in [-0.3, -0.25) is 14.5 Å². The van der Waals surface area contributed by atoms with Crippen LogP contribution in [0, 0.1) is 29.6 Å². The second-order valence-electron chi connectivity index (χ2n) is 9.39. The fraction of sp³-hybridized carbons (Fsp3) is 0.917. The molecular weight excluding hydrogens is 334 g/mol. The van der Waals surface area contributed by atoms with Crippen LogP contribution in [0.15, 0.2) is 0 Å². The van der Waals surface area contributed by atoms with Crippen LogP contribution in [0.1, 0.15) is 106 Å². The average molecular weight is 380 g/mol. The minimum atomic E-state index is -0.0166. The molecule has 158 valence electrons. The van der Waals surface area contributed by atoms with E-state index in [1.807, 2.05) is 27.7 Å². The number of hydrogen-bond donors (Lipinski definition) is 0. The van der Waals surface area contributed by atoms with E-state index < -0.39 is 0 Å². The molecule has 1 saturated carbocycles. The highest BCUT2D eigenvalue weighted by Crippen LogP contribution is 2.42. The number of carbonyl (C=O) groups excluding carboxylic acids is 2. The lowest BCUT2D eigenvalue weighted by Crippen LogP contribution is -2.37. The number of amides is 2. The molecular formula is C24H45NO2. The third kappa shape index (κ3) is 6.91. The van der Waals surface area contributed by atoms with Crippen molar-refractivity contribution in [1.82, 2.24) is 4.90 Å². The van der Waals surface area contributed by atoms with Crippen molar-refractivity contribution in [2.24, 2.45) is 29.6 Å². The molecule has 0 spiro atoms. The van der Waals surface area contributed by atoms with Gasteiger partial charge in [0.1, 0.15) is 0 Å². The second-order valence-corrected chi connectivity index (χ2v) is 9.39. The highest BCUT2D eigenvalue weighted by molar-refractivity contribution is 6.05. The molecule has 2 amide bonds. The van der Waals surface area contributed by atoms with Crippen molar-refractivity contribution < 1.29 is 9.59 Å². The Morgan fingerprint density at radius 1 is 0.852 bits per heavy atom. The van der Waals surface area contributed by atoms with Gasteiger partial charge in [-0.15, -0.1) is 0 Å². The monoisotopic (exact) mass is 379 g/mol. The summed E-state index contributed by atoms with van der Waals surface area (Å²) in [5.41, 5.74) is 0. The molecule has 2 fully saturated rings. The van der Waals surface area contributed by atoms with Gasteiger partial charge in [0.2, 0.25) is 11.8 Å². The zero-order valence-corrected chi connectivity index (χ0v) is 19.1. The van der Waals surface area contributed by atoms with Crippen LogP contribution in [0.25, 0.3) is 0 Å². The summed E-state index contributed by atoms with van der Waals surface area (Å²) >= 11 is 0. The van der Waals surface area contributed by atoms with Crippen molar-refractivity contribution in [2.45, 2.75) is 112 Å². The van der Waals surface area contributed by atoms with Crippen LogP contribution in [-0.4, -0.2) is 22.8 Å². The molecule has 2 aliphatic rings. The quantitative estimate of drug-likeness (QED) is 0.431. The molecule has 1 aliphatic carbocycles. The Bertz CT molecular complexity index is 457. The summed E-state index contributed by atoms with van der Waals surface area (Å²) in [7, 11) is 0. The molecule has 0 bridgehead atoms. The van der Waals surface area contributed by atoms with Gasteiger partial charge < -0.3 is 0 Å². The molecule has 1 saturated heterocycles. The smallest absolute Gasteiger partial charge is 0.233 e. The Morgan fingerprint density at radius 2 is 1.44 bits per heavy atom. The van der Waals surface area contributed by atoms with Gasteiger partial charge in [0.25, 0.3) is 0 Å². The summed E-state index contributed by atoms with van der Waals surface area (Å²) in [6, 6.07) is 0.00994. The van der Waals surface area contributed by atoms with Crippen LogP contribution in [0.3, 0.4) is 0 Å². The molecule has 0 aromatic heterocycles. The first-order chi connectivity index (χ1) is 12.8. The van der Waals surface area contributed by atoms with Gasteiger partial charge >= 0.3 is 0 Å². The maximum Gasteiger partial charge on any atom is 0.233 e. The summed E-state index contributed by atoms with van der Waals surface area (Å²) in [6.07, 6.45) is 10.9. The minimum absolute atomic E-state index is 0.00994. The lowest BCUT2D eigenvalue weighted by molar-refractivity contribution is -0.141. The van der Waals surface area contributed by atoms with E-state index in [1.165, 1.54) is 43.4 Å². The van der Waals surface area contributed by atoms with Crippen LogP contribution < -0.4 is 0 Å². The molecule has 4 atom stereocenters. The predicted octanol–water partition coefficient (Wildman–Crippen LogP) is 6.46. The van der Waals surface area contributed by atoms with E-state index >= 15 is 0 Å². The van der Waals surface area contributed by atoms with E-state index in [9.17, 15) is 9.59 Å². The van der Waals surface area contributed by atoms with Gasteiger partial charge in [0.05, 0.1) is 11.8 Å². The molecule has 0 radical (unpaired) electrons. The summed E-state index contributed by atoms with van der Waals surface area (Å²) in [5.74, 6) is 2.46. The van der Waals surface area contributed by atoms with Gasteiger partial charge in [-0.05, 0) is 50.9 Å². The maximum atomic E-state index is 12.6. The number of imide groups is 1. The van der Waals surface area contributed by atoms with Gasteiger partial charge in [0.15, 0.2) is 0 Å². The number of likely N-dealkylation sites (tertiary alicyclic amines) is 1. The highest BCUT2D eigenvalue weighted by atomic mass is 16.2. The van der Waals surface area contributed by atoms with E-state index in [4.69, 9.17) is 0 Å². The van der Waals surface area contributed by atoms with E-state index in [1.54, 1.807) is 0 Å². The number of rotatable bonds is 9. The van der Waals surface area contributed by atoms with Crippen molar-refractivity contribution >= 4 is 11.8 Å². The Labute approximate surface area is 168 Å². The number of nitrogens with zero attached hydrogens (tertiary/aromatic N) is 1. The summed E-state index contributed by atoms with van der Waals surface area (Å²) in [4.78, 5) is 26.6. The van der Waals surface area contributed by atoms with Crippen LogP contribution in [-0.2, 0) is 9.59 Å².